The van der Waals surface area contributed by atoms with Gasteiger partial charge in [-0.05, 0) is 30.4 Å². The predicted molar refractivity (Wildman–Crippen MR) is 82.9 cm³/mol. The lowest BCUT2D eigenvalue weighted by Gasteiger charge is -2.39. The van der Waals surface area contributed by atoms with E-state index in [4.69, 9.17) is 0 Å². The van der Waals surface area contributed by atoms with Crippen LogP contribution < -0.4 is 10.2 Å². The average Bonchev–Trinajstić information content (AvgIpc) is 2.57. The summed E-state index contributed by atoms with van der Waals surface area (Å²) in [6.45, 7) is 6.98. The summed E-state index contributed by atoms with van der Waals surface area (Å²) in [5.41, 5.74) is 3.06. The van der Waals surface area contributed by atoms with Crippen molar-refractivity contribution in [3.05, 3.63) is 24.3 Å². The Morgan fingerprint density at radius 3 is 2.63 bits per heavy atom. The minimum absolute atomic E-state index is 0.330. The Labute approximate surface area is 117 Å². The van der Waals surface area contributed by atoms with Gasteiger partial charge in [0.1, 0.15) is 0 Å². The second-order valence-electron chi connectivity index (χ2n) is 6.95. The first-order chi connectivity index (χ1) is 9.16. The van der Waals surface area contributed by atoms with Crippen molar-refractivity contribution in [1.82, 2.24) is 0 Å². The Hall–Kier alpha value is -1.18. The summed E-state index contributed by atoms with van der Waals surface area (Å²) in [6, 6.07) is 9.58. The van der Waals surface area contributed by atoms with Crippen LogP contribution in [0.5, 0.6) is 0 Å². The quantitative estimate of drug-likeness (QED) is 0.809. The molecule has 1 aliphatic carbocycles. The molecule has 2 aliphatic rings. The number of nitrogens with zero attached hydrogens (tertiary/aromatic N) is 1. The van der Waals surface area contributed by atoms with E-state index in [2.05, 4.69) is 48.3 Å². The molecule has 0 spiro atoms. The average molecular weight is 258 g/mol. The maximum Gasteiger partial charge on any atom is 0.0604 e. The summed E-state index contributed by atoms with van der Waals surface area (Å²) in [5.74, 6) is 0. The number of para-hydroxylation sites is 2. The standard InChI is InChI=1S/C17H26N2/c1-17(2)12-18-15-10-6-7-11-16(15)19(13-17)14-8-4-3-5-9-14/h6-7,10-11,14,18H,3-5,8-9,12-13H2,1-2H3. The van der Waals surface area contributed by atoms with Crippen LogP contribution in [0.15, 0.2) is 24.3 Å². The normalized spacial score (nSPS) is 23.4. The Kier molecular flexibility index (Phi) is 3.42. The first-order valence-corrected chi connectivity index (χ1v) is 7.75. The molecular formula is C17H26N2. The minimum Gasteiger partial charge on any atom is -0.383 e. The number of hydrogen-bond donors (Lipinski definition) is 1. The number of anilines is 2. The first-order valence-electron chi connectivity index (χ1n) is 7.75. The minimum atomic E-state index is 0.330. The second-order valence-corrected chi connectivity index (χ2v) is 6.95. The van der Waals surface area contributed by atoms with Crippen molar-refractivity contribution in [2.75, 3.05) is 23.3 Å². The molecule has 1 saturated carbocycles. The van der Waals surface area contributed by atoms with Gasteiger partial charge in [0.05, 0.1) is 11.4 Å². The van der Waals surface area contributed by atoms with Crippen LogP contribution in [0, 0.1) is 5.41 Å². The van der Waals surface area contributed by atoms with Crippen molar-refractivity contribution in [2.24, 2.45) is 5.41 Å². The number of nitrogens with one attached hydrogen (secondary N) is 1. The van der Waals surface area contributed by atoms with E-state index in [1.54, 1.807) is 0 Å². The highest BCUT2D eigenvalue weighted by atomic mass is 15.2. The van der Waals surface area contributed by atoms with E-state index in [0.717, 1.165) is 12.6 Å². The van der Waals surface area contributed by atoms with Gasteiger partial charge >= 0.3 is 0 Å². The van der Waals surface area contributed by atoms with E-state index in [9.17, 15) is 0 Å². The summed E-state index contributed by atoms with van der Waals surface area (Å²) >= 11 is 0. The lowest BCUT2D eigenvalue weighted by Crippen LogP contribution is -2.43. The fourth-order valence-electron chi connectivity index (χ4n) is 3.53. The maximum absolute atomic E-state index is 3.64. The Balaban J connectivity index is 1.93. The molecule has 0 radical (unpaired) electrons. The van der Waals surface area contributed by atoms with Crippen LogP contribution in [0.2, 0.25) is 0 Å². The number of fused-ring (bicyclic) bond motifs is 1. The fraction of sp³-hybridized carbons (Fsp3) is 0.647. The molecule has 3 rings (SSSR count). The van der Waals surface area contributed by atoms with Crippen LogP contribution in [-0.2, 0) is 0 Å². The van der Waals surface area contributed by atoms with Gasteiger partial charge in [0, 0.05) is 19.1 Å². The summed E-state index contributed by atoms with van der Waals surface area (Å²) < 4.78 is 0. The van der Waals surface area contributed by atoms with Gasteiger partial charge in [0.25, 0.3) is 0 Å². The third kappa shape index (κ3) is 2.72. The van der Waals surface area contributed by atoms with E-state index in [1.165, 1.54) is 50.0 Å². The van der Waals surface area contributed by atoms with Crippen molar-refractivity contribution in [3.8, 4) is 0 Å². The van der Waals surface area contributed by atoms with Gasteiger partial charge in [-0.3, -0.25) is 0 Å². The van der Waals surface area contributed by atoms with Gasteiger partial charge < -0.3 is 10.2 Å². The van der Waals surface area contributed by atoms with E-state index < -0.39 is 0 Å². The smallest absolute Gasteiger partial charge is 0.0604 e. The second kappa shape index (κ2) is 5.07. The molecule has 0 unspecified atom stereocenters. The van der Waals surface area contributed by atoms with E-state index in [0.29, 0.717) is 5.41 Å². The zero-order chi connectivity index (χ0) is 13.3. The van der Waals surface area contributed by atoms with Crippen molar-refractivity contribution < 1.29 is 0 Å². The van der Waals surface area contributed by atoms with Crippen LogP contribution in [0.4, 0.5) is 11.4 Å². The van der Waals surface area contributed by atoms with E-state index >= 15 is 0 Å². The van der Waals surface area contributed by atoms with E-state index in [1.807, 2.05) is 0 Å². The van der Waals surface area contributed by atoms with Crippen LogP contribution in [-0.4, -0.2) is 19.1 Å². The van der Waals surface area contributed by atoms with Crippen LogP contribution in [0.25, 0.3) is 0 Å². The van der Waals surface area contributed by atoms with Crippen LogP contribution >= 0.6 is 0 Å². The molecule has 1 aromatic carbocycles. The van der Waals surface area contributed by atoms with Gasteiger partial charge in [-0.1, -0.05) is 45.2 Å². The van der Waals surface area contributed by atoms with Crippen molar-refractivity contribution in [1.29, 1.82) is 0 Å². The monoisotopic (exact) mass is 258 g/mol. The van der Waals surface area contributed by atoms with Crippen molar-refractivity contribution in [3.63, 3.8) is 0 Å². The molecule has 2 nitrogen and oxygen atoms in total. The lowest BCUT2D eigenvalue weighted by molar-refractivity contribution is 0.344. The van der Waals surface area contributed by atoms with Gasteiger partial charge in [-0.15, -0.1) is 0 Å². The van der Waals surface area contributed by atoms with Gasteiger partial charge in [-0.2, -0.15) is 0 Å². The Morgan fingerprint density at radius 2 is 1.84 bits per heavy atom. The van der Waals surface area contributed by atoms with Crippen LogP contribution in [0.1, 0.15) is 46.0 Å². The first kappa shape index (κ1) is 12.8. The molecular weight excluding hydrogens is 232 g/mol. The predicted octanol–water partition coefficient (Wildman–Crippen LogP) is 4.28. The molecule has 2 heteroatoms. The Morgan fingerprint density at radius 1 is 1.11 bits per heavy atom. The van der Waals surface area contributed by atoms with Gasteiger partial charge in [0.2, 0.25) is 0 Å². The molecule has 0 amide bonds. The fourth-order valence-corrected chi connectivity index (χ4v) is 3.53. The maximum atomic E-state index is 3.64. The van der Waals surface area contributed by atoms with E-state index in [-0.39, 0.29) is 0 Å². The molecule has 1 fully saturated rings. The zero-order valence-electron chi connectivity index (χ0n) is 12.3. The molecule has 1 N–H and O–H groups in total. The highest BCUT2D eigenvalue weighted by molar-refractivity contribution is 5.71. The SMILES string of the molecule is CC1(C)CNc2ccccc2N(C2CCCCC2)C1. The molecule has 1 aromatic rings. The van der Waals surface area contributed by atoms with Crippen LogP contribution in [0.3, 0.4) is 0 Å². The molecule has 104 valence electrons. The lowest BCUT2D eigenvalue weighted by atomic mass is 9.89. The highest BCUT2D eigenvalue weighted by Crippen LogP contribution is 2.37. The molecule has 19 heavy (non-hydrogen) atoms. The zero-order valence-corrected chi connectivity index (χ0v) is 12.3. The van der Waals surface area contributed by atoms with Gasteiger partial charge in [0.15, 0.2) is 0 Å². The Bertz CT molecular complexity index is 433. The molecule has 0 bridgehead atoms. The summed E-state index contributed by atoms with van der Waals surface area (Å²) in [4.78, 5) is 2.69. The molecule has 1 aliphatic heterocycles. The number of benzene rings is 1. The van der Waals surface area contributed by atoms with Crippen molar-refractivity contribution >= 4 is 11.4 Å². The molecule has 1 heterocycles. The summed E-state index contributed by atoms with van der Waals surface area (Å²) in [6.07, 6.45) is 6.96. The summed E-state index contributed by atoms with van der Waals surface area (Å²) in [7, 11) is 0. The third-order valence-electron chi connectivity index (χ3n) is 4.58. The highest BCUT2D eigenvalue weighted by Gasteiger charge is 2.31. The number of rotatable bonds is 1. The largest absolute Gasteiger partial charge is 0.383 e. The van der Waals surface area contributed by atoms with Gasteiger partial charge in [-0.25, -0.2) is 0 Å². The topological polar surface area (TPSA) is 15.3 Å². The molecule has 0 aromatic heterocycles. The van der Waals surface area contributed by atoms with Crippen molar-refractivity contribution in [2.45, 2.75) is 52.0 Å². The molecule has 0 saturated heterocycles. The number of hydrogen-bond acceptors (Lipinski definition) is 2. The third-order valence-corrected chi connectivity index (χ3v) is 4.58. The summed E-state index contributed by atoms with van der Waals surface area (Å²) in [5, 5.41) is 3.64. The molecule has 0 atom stereocenters.